The van der Waals surface area contributed by atoms with Crippen molar-refractivity contribution in [3.8, 4) is 0 Å². The molecule has 0 saturated carbocycles. The molecule has 1 rings (SSSR count). The van der Waals surface area contributed by atoms with Crippen molar-refractivity contribution in [2.75, 3.05) is 6.54 Å². The smallest absolute Gasteiger partial charge is 0.407 e. The minimum atomic E-state index is -0.475. The van der Waals surface area contributed by atoms with Gasteiger partial charge in [0.2, 0.25) is 0 Å². The van der Waals surface area contributed by atoms with E-state index in [-0.39, 0.29) is 0 Å². The monoisotopic (exact) mass is 333 g/mol. The first-order chi connectivity index (χ1) is 8.29. The van der Waals surface area contributed by atoms with Crippen LogP contribution in [0.15, 0.2) is 22.7 Å². The second-order valence-electron chi connectivity index (χ2n) is 4.89. The van der Waals surface area contributed by atoms with Gasteiger partial charge in [0.1, 0.15) is 5.60 Å². The predicted molar refractivity (Wildman–Crippen MR) is 77.1 cm³/mol. The lowest BCUT2D eigenvalue weighted by Crippen LogP contribution is -2.33. The molecule has 0 aliphatic rings. The molecule has 100 valence electrons. The molecule has 1 N–H and O–H groups in total. The zero-order valence-corrected chi connectivity index (χ0v) is 13.1. The number of benzene rings is 1. The van der Waals surface area contributed by atoms with Crippen molar-refractivity contribution in [1.82, 2.24) is 5.32 Å². The minimum Gasteiger partial charge on any atom is -0.444 e. The second-order valence-corrected chi connectivity index (χ2v) is 6.12. The van der Waals surface area contributed by atoms with Crippen LogP contribution in [-0.2, 0) is 11.2 Å². The molecular weight excluding hydrogens is 318 g/mol. The Labute approximate surface area is 121 Å². The van der Waals surface area contributed by atoms with Gasteiger partial charge in [-0.15, -0.1) is 0 Å². The summed E-state index contributed by atoms with van der Waals surface area (Å²) in [7, 11) is 0. The van der Waals surface area contributed by atoms with Gasteiger partial charge < -0.3 is 10.1 Å². The van der Waals surface area contributed by atoms with Gasteiger partial charge in [0.05, 0.1) is 5.02 Å². The lowest BCUT2D eigenvalue weighted by atomic mass is 10.1. The Bertz CT molecular complexity index is 429. The normalized spacial score (nSPS) is 11.2. The molecule has 0 unspecified atom stereocenters. The molecule has 1 amide bonds. The van der Waals surface area contributed by atoms with Gasteiger partial charge in [-0.1, -0.05) is 23.7 Å². The Balaban J connectivity index is 2.43. The Morgan fingerprint density at radius 2 is 2.11 bits per heavy atom. The van der Waals surface area contributed by atoms with Gasteiger partial charge in [0.15, 0.2) is 0 Å². The molecule has 0 atom stereocenters. The number of alkyl carbamates (subject to hydrolysis) is 1. The first-order valence-corrected chi connectivity index (χ1v) is 6.86. The summed E-state index contributed by atoms with van der Waals surface area (Å²) < 4.78 is 6.00. The summed E-state index contributed by atoms with van der Waals surface area (Å²) >= 11 is 9.49. The van der Waals surface area contributed by atoms with Gasteiger partial charge in [-0.05, 0) is 54.8 Å². The lowest BCUT2D eigenvalue weighted by Gasteiger charge is -2.19. The Morgan fingerprint density at radius 1 is 1.44 bits per heavy atom. The van der Waals surface area contributed by atoms with Crippen molar-refractivity contribution >= 4 is 33.6 Å². The second kappa shape index (κ2) is 6.43. The van der Waals surface area contributed by atoms with E-state index in [2.05, 4.69) is 21.2 Å². The van der Waals surface area contributed by atoms with Crippen molar-refractivity contribution in [3.05, 3.63) is 33.3 Å². The molecule has 1 aromatic rings. The van der Waals surface area contributed by atoms with Crippen molar-refractivity contribution in [2.24, 2.45) is 0 Å². The molecular formula is C13H17BrClNO2. The van der Waals surface area contributed by atoms with Crippen molar-refractivity contribution in [1.29, 1.82) is 0 Å². The summed E-state index contributed by atoms with van der Waals surface area (Å²) in [6.45, 7) is 5.98. The summed E-state index contributed by atoms with van der Waals surface area (Å²) in [6, 6.07) is 5.73. The van der Waals surface area contributed by atoms with Crippen LogP contribution in [0.5, 0.6) is 0 Å². The van der Waals surface area contributed by atoms with Crippen LogP contribution < -0.4 is 5.32 Å². The van der Waals surface area contributed by atoms with Crippen LogP contribution >= 0.6 is 27.5 Å². The van der Waals surface area contributed by atoms with Crippen LogP contribution in [0.1, 0.15) is 26.3 Å². The fraction of sp³-hybridized carbons (Fsp3) is 0.462. The van der Waals surface area contributed by atoms with E-state index in [1.807, 2.05) is 39.0 Å². The predicted octanol–water partition coefficient (Wildman–Crippen LogP) is 4.17. The van der Waals surface area contributed by atoms with Crippen LogP contribution in [-0.4, -0.2) is 18.2 Å². The van der Waals surface area contributed by atoms with E-state index >= 15 is 0 Å². The standard InChI is InChI=1S/C13H17BrClNO2/c1-13(2,3)18-12(17)16-8-7-9-5-4-6-10(14)11(9)15/h4-6H,7-8H2,1-3H3,(H,16,17). The number of amides is 1. The van der Waals surface area contributed by atoms with E-state index in [4.69, 9.17) is 16.3 Å². The van der Waals surface area contributed by atoms with E-state index < -0.39 is 11.7 Å². The number of nitrogens with one attached hydrogen (secondary N) is 1. The molecule has 18 heavy (non-hydrogen) atoms. The zero-order chi connectivity index (χ0) is 13.8. The first-order valence-electron chi connectivity index (χ1n) is 5.69. The molecule has 0 spiro atoms. The maximum Gasteiger partial charge on any atom is 0.407 e. The molecule has 0 heterocycles. The van der Waals surface area contributed by atoms with Crippen molar-refractivity contribution < 1.29 is 9.53 Å². The van der Waals surface area contributed by atoms with Gasteiger partial charge in [0, 0.05) is 11.0 Å². The highest BCUT2D eigenvalue weighted by Crippen LogP contribution is 2.26. The third-order valence-electron chi connectivity index (χ3n) is 2.09. The maximum atomic E-state index is 11.4. The van der Waals surface area contributed by atoms with Gasteiger partial charge in [-0.3, -0.25) is 0 Å². The van der Waals surface area contributed by atoms with Gasteiger partial charge in [-0.2, -0.15) is 0 Å². The number of ether oxygens (including phenoxy) is 1. The van der Waals surface area contributed by atoms with E-state index in [0.717, 1.165) is 10.0 Å². The Hall–Kier alpha value is -0.740. The zero-order valence-electron chi connectivity index (χ0n) is 10.7. The molecule has 5 heteroatoms. The summed E-state index contributed by atoms with van der Waals surface area (Å²) in [5.74, 6) is 0. The van der Waals surface area contributed by atoms with E-state index in [0.29, 0.717) is 18.0 Å². The summed E-state index contributed by atoms with van der Waals surface area (Å²) in [5.41, 5.74) is 0.513. The Kier molecular flexibility index (Phi) is 5.47. The van der Waals surface area contributed by atoms with Crippen LogP contribution in [0.3, 0.4) is 0 Å². The number of carbonyl (C=O) groups excluding carboxylic acids is 1. The van der Waals surface area contributed by atoms with Gasteiger partial charge >= 0.3 is 6.09 Å². The van der Waals surface area contributed by atoms with Crippen LogP contribution in [0.2, 0.25) is 5.02 Å². The quantitative estimate of drug-likeness (QED) is 0.901. The topological polar surface area (TPSA) is 38.3 Å². The van der Waals surface area contributed by atoms with E-state index in [1.54, 1.807) is 0 Å². The molecule has 3 nitrogen and oxygen atoms in total. The van der Waals surface area contributed by atoms with Crippen molar-refractivity contribution in [2.45, 2.75) is 32.8 Å². The molecule has 0 bridgehead atoms. The molecule has 0 aromatic heterocycles. The van der Waals surface area contributed by atoms with Crippen LogP contribution in [0, 0.1) is 0 Å². The summed E-state index contributed by atoms with van der Waals surface area (Å²) in [6.07, 6.45) is 0.256. The summed E-state index contributed by atoms with van der Waals surface area (Å²) in [5, 5.41) is 3.38. The SMILES string of the molecule is CC(C)(C)OC(=O)NCCc1cccc(Br)c1Cl. The number of hydrogen-bond donors (Lipinski definition) is 1. The Morgan fingerprint density at radius 3 is 2.72 bits per heavy atom. The van der Waals surface area contributed by atoms with Crippen molar-refractivity contribution in [3.63, 3.8) is 0 Å². The molecule has 0 saturated heterocycles. The van der Waals surface area contributed by atoms with Crippen LogP contribution in [0.25, 0.3) is 0 Å². The highest BCUT2D eigenvalue weighted by Gasteiger charge is 2.15. The number of rotatable bonds is 3. The van der Waals surface area contributed by atoms with E-state index in [1.165, 1.54) is 0 Å². The average Bonchev–Trinajstić information content (AvgIpc) is 2.21. The maximum absolute atomic E-state index is 11.4. The minimum absolute atomic E-state index is 0.409. The van der Waals surface area contributed by atoms with Crippen LogP contribution in [0.4, 0.5) is 4.79 Å². The fourth-order valence-corrected chi connectivity index (χ4v) is 1.98. The summed E-state index contributed by atoms with van der Waals surface area (Å²) in [4.78, 5) is 11.4. The average molecular weight is 335 g/mol. The molecule has 0 aliphatic heterocycles. The fourth-order valence-electron chi connectivity index (χ4n) is 1.35. The lowest BCUT2D eigenvalue weighted by molar-refractivity contribution is 0.0528. The molecule has 0 aliphatic carbocycles. The highest BCUT2D eigenvalue weighted by atomic mass is 79.9. The number of halogens is 2. The number of carbonyl (C=O) groups is 1. The first kappa shape index (κ1) is 15.3. The molecule has 0 radical (unpaired) electrons. The van der Waals surface area contributed by atoms with E-state index in [9.17, 15) is 4.79 Å². The molecule has 1 aromatic carbocycles. The van der Waals surface area contributed by atoms with Gasteiger partial charge in [-0.25, -0.2) is 4.79 Å². The third kappa shape index (κ3) is 5.27. The number of hydrogen-bond acceptors (Lipinski definition) is 2. The molecule has 0 fully saturated rings. The van der Waals surface area contributed by atoms with Gasteiger partial charge in [0.25, 0.3) is 0 Å². The largest absolute Gasteiger partial charge is 0.444 e. The third-order valence-corrected chi connectivity index (χ3v) is 3.43. The highest BCUT2D eigenvalue weighted by molar-refractivity contribution is 9.10.